The molecule has 4 heteroatoms. The second-order valence-corrected chi connectivity index (χ2v) is 4.63. The summed E-state index contributed by atoms with van der Waals surface area (Å²) in [5, 5.41) is 8.76. The first-order chi connectivity index (χ1) is 9.02. The average Bonchev–Trinajstić information content (AvgIpc) is 2.34. The fourth-order valence-electron chi connectivity index (χ4n) is 1.87. The van der Waals surface area contributed by atoms with E-state index in [-0.39, 0.29) is 6.42 Å². The fraction of sp³-hybridized carbons (Fsp3) is 0.600. The Balaban J connectivity index is 4.63. The Labute approximate surface area is 115 Å². The molecule has 0 saturated carbocycles. The van der Waals surface area contributed by atoms with Crippen molar-refractivity contribution < 1.29 is 19.4 Å². The summed E-state index contributed by atoms with van der Waals surface area (Å²) < 4.78 is 4.91. The van der Waals surface area contributed by atoms with Crippen LogP contribution in [0.15, 0.2) is 23.0 Å². The lowest BCUT2D eigenvalue weighted by molar-refractivity contribution is -0.136. The van der Waals surface area contributed by atoms with Gasteiger partial charge in [0, 0.05) is 0 Å². The van der Waals surface area contributed by atoms with Gasteiger partial charge in [0.1, 0.15) is 5.76 Å². The van der Waals surface area contributed by atoms with Gasteiger partial charge in [-0.05, 0) is 37.8 Å². The van der Waals surface area contributed by atoms with Crippen LogP contribution in [0.3, 0.4) is 0 Å². The summed E-state index contributed by atoms with van der Waals surface area (Å²) in [7, 11) is 0. The molecule has 1 N–H and O–H groups in total. The molecule has 0 atom stereocenters. The third-order valence-electron chi connectivity index (χ3n) is 2.84. The maximum absolute atomic E-state index is 10.7. The summed E-state index contributed by atoms with van der Waals surface area (Å²) in [5.41, 5.74) is 1.38. The highest BCUT2D eigenvalue weighted by atomic mass is 16.5. The molecule has 0 bridgehead atoms. The first-order valence-electron chi connectivity index (χ1n) is 6.71. The van der Waals surface area contributed by atoms with Crippen LogP contribution >= 0.6 is 0 Å². The van der Waals surface area contributed by atoms with Crippen LogP contribution in [0.25, 0.3) is 0 Å². The van der Waals surface area contributed by atoms with Gasteiger partial charge in [0.2, 0.25) is 0 Å². The van der Waals surface area contributed by atoms with Crippen LogP contribution < -0.4 is 0 Å². The molecule has 0 saturated heterocycles. The zero-order valence-electron chi connectivity index (χ0n) is 12.1. The SMILES string of the molecule is CCCCCC/C=C(C)/C(OC=O)=C(\C)CC(=O)O. The number of hydrogen-bond donors (Lipinski definition) is 1. The highest BCUT2D eigenvalue weighted by Gasteiger charge is 2.09. The van der Waals surface area contributed by atoms with Crippen LogP contribution in [0.5, 0.6) is 0 Å². The van der Waals surface area contributed by atoms with Crippen molar-refractivity contribution in [3.8, 4) is 0 Å². The average molecular weight is 268 g/mol. The number of carbonyl (C=O) groups excluding carboxylic acids is 1. The van der Waals surface area contributed by atoms with E-state index in [1.807, 2.05) is 13.0 Å². The van der Waals surface area contributed by atoms with E-state index < -0.39 is 5.97 Å². The molecule has 0 spiro atoms. The predicted molar refractivity (Wildman–Crippen MR) is 74.6 cm³/mol. The molecule has 0 aliphatic carbocycles. The van der Waals surface area contributed by atoms with E-state index in [9.17, 15) is 9.59 Å². The molecule has 0 aromatic carbocycles. The first-order valence-corrected chi connectivity index (χ1v) is 6.71. The van der Waals surface area contributed by atoms with E-state index in [1.54, 1.807) is 6.92 Å². The second-order valence-electron chi connectivity index (χ2n) is 4.63. The minimum atomic E-state index is -0.930. The molecule has 0 unspecified atom stereocenters. The van der Waals surface area contributed by atoms with Crippen LogP contribution in [0.4, 0.5) is 0 Å². The van der Waals surface area contributed by atoms with Crippen molar-refractivity contribution in [3.63, 3.8) is 0 Å². The van der Waals surface area contributed by atoms with Gasteiger partial charge in [0.25, 0.3) is 6.47 Å². The standard InChI is InChI=1S/C15H24O4/c1-4-5-6-7-8-9-12(2)15(19-11-16)13(3)10-14(17)18/h9,11H,4-8,10H2,1-3H3,(H,17,18)/b12-9+,15-13-. The summed E-state index contributed by atoms with van der Waals surface area (Å²) in [6, 6.07) is 0. The molecule has 0 aliphatic rings. The molecule has 0 rings (SSSR count). The lowest BCUT2D eigenvalue weighted by Gasteiger charge is -2.09. The zero-order chi connectivity index (χ0) is 14.7. The molecule has 19 heavy (non-hydrogen) atoms. The van der Waals surface area contributed by atoms with Gasteiger partial charge < -0.3 is 9.84 Å². The number of allylic oxidation sites excluding steroid dienone is 2. The minimum absolute atomic E-state index is 0.121. The van der Waals surface area contributed by atoms with E-state index >= 15 is 0 Å². The third kappa shape index (κ3) is 8.19. The van der Waals surface area contributed by atoms with E-state index in [4.69, 9.17) is 9.84 Å². The number of carboxylic acid groups (broad SMARTS) is 1. The van der Waals surface area contributed by atoms with Crippen molar-refractivity contribution in [1.29, 1.82) is 0 Å². The van der Waals surface area contributed by atoms with Crippen molar-refractivity contribution in [2.24, 2.45) is 0 Å². The third-order valence-corrected chi connectivity index (χ3v) is 2.84. The van der Waals surface area contributed by atoms with Gasteiger partial charge in [-0.3, -0.25) is 9.59 Å². The fourth-order valence-corrected chi connectivity index (χ4v) is 1.87. The zero-order valence-corrected chi connectivity index (χ0v) is 12.1. The van der Waals surface area contributed by atoms with Gasteiger partial charge in [0.15, 0.2) is 0 Å². The van der Waals surface area contributed by atoms with E-state index in [1.165, 1.54) is 19.3 Å². The van der Waals surface area contributed by atoms with Crippen LogP contribution in [-0.2, 0) is 14.3 Å². The number of rotatable bonds is 10. The Morgan fingerprint density at radius 2 is 1.89 bits per heavy atom. The maximum atomic E-state index is 10.7. The van der Waals surface area contributed by atoms with Gasteiger partial charge in [-0.25, -0.2) is 0 Å². The van der Waals surface area contributed by atoms with Gasteiger partial charge in [-0.1, -0.05) is 32.3 Å². The monoisotopic (exact) mass is 268 g/mol. The van der Waals surface area contributed by atoms with Crippen molar-refractivity contribution in [2.45, 2.75) is 59.3 Å². The number of aliphatic carboxylic acids is 1. The Hall–Kier alpha value is -1.58. The van der Waals surface area contributed by atoms with E-state index in [2.05, 4.69) is 6.92 Å². The molecule has 0 aromatic rings. The maximum Gasteiger partial charge on any atom is 0.307 e. The lowest BCUT2D eigenvalue weighted by atomic mass is 10.1. The van der Waals surface area contributed by atoms with E-state index in [0.29, 0.717) is 17.8 Å². The lowest BCUT2D eigenvalue weighted by Crippen LogP contribution is -2.02. The highest BCUT2D eigenvalue weighted by Crippen LogP contribution is 2.19. The van der Waals surface area contributed by atoms with Crippen LogP contribution in [-0.4, -0.2) is 17.5 Å². The van der Waals surface area contributed by atoms with Gasteiger partial charge in [-0.2, -0.15) is 0 Å². The molecular formula is C15H24O4. The first kappa shape index (κ1) is 17.4. The molecule has 0 amide bonds. The quantitative estimate of drug-likeness (QED) is 0.283. The molecule has 0 aromatic heterocycles. The van der Waals surface area contributed by atoms with E-state index in [0.717, 1.165) is 18.4 Å². The number of ether oxygens (including phenoxy) is 1. The van der Waals surface area contributed by atoms with Gasteiger partial charge in [0.05, 0.1) is 6.42 Å². The minimum Gasteiger partial charge on any atom is -0.481 e. The smallest absolute Gasteiger partial charge is 0.307 e. The summed E-state index contributed by atoms with van der Waals surface area (Å²) in [6.45, 7) is 6.01. The Kier molecular flexibility index (Phi) is 9.49. The number of carboxylic acids is 1. The summed E-state index contributed by atoms with van der Waals surface area (Å²) in [4.78, 5) is 21.2. The predicted octanol–water partition coefficient (Wildman–Crippen LogP) is 3.82. The Morgan fingerprint density at radius 3 is 2.42 bits per heavy atom. The molecule has 0 radical (unpaired) electrons. The van der Waals surface area contributed by atoms with Crippen molar-refractivity contribution in [3.05, 3.63) is 23.0 Å². The Morgan fingerprint density at radius 1 is 1.21 bits per heavy atom. The largest absolute Gasteiger partial charge is 0.481 e. The van der Waals surface area contributed by atoms with Gasteiger partial charge in [-0.15, -0.1) is 0 Å². The van der Waals surface area contributed by atoms with Crippen molar-refractivity contribution >= 4 is 12.4 Å². The molecule has 108 valence electrons. The summed E-state index contributed by atoms with van der Waals surface area (Å²) in [5.74, 6) is -0.548. The second kappa shape index (κ2) is 10.4. The van der Waals surface area contributed by atoms with Crippen LogP contribution in [0.2, 0.25) is 0 Å². The van der Waals surface area contributed by atoms with Crippen LogP contribution in [0, 0.1) is 0 Å². The molecular weight excluding hydrogens is 244 g/mol. The molecule has 0 fully saturated rings. The molecule has 0 heterocycles. The summed E-state index contributed by atoms with van der Waals surface area (Å²) in [6.07, 6.45) is 7.49. The summed E-state index contributed by atoms with van der Waals surface area (Å²) >= 11 is 0. The topological polar surface area (TPSA) is 63.6 Å². The van der Waals surface area contributed by atoms with Crippen molar-refractivity contribution in [2.75, 3.05) is 0 Å². The van der Waals surface area contributed by atoms with Crippen LogP contribution in [0.1, 0.15) is 59.3 Å². The number of unbranched alkanes of at least 4 members (excludes halogenated alkanes) is 4. The normalized spacial score (nSPS) is 12.9. The van der Waals surface area contributed by atoms with Crippen molar-refractivity contribution in [1.82, 2.24) is 0 Å². The Bertz CT molecular complexity index is 353. The number of hydrogen-bond acceptors (Lipinski definition) is 3. The molecule has 4 nitrogen and oxygen atoms in total. The van der Waals surface area contributed by atoms with Gasteiger partial charge >= 0.3 is 5.97 Å². The highest BCUT2D eigenvalue weighted by molar-refractivity contribution is 5.70. The molecule has 0 aliphatic heterocycles. The number of carbonyl (C=O) groups is 2.